The molecular weight excluding hydrogens is 474 g/mol. The third-order valence-electron chi connectivity index (χ3n) is 6.43. The minimum absolute atomic E-state index is 0.126. The van der Waals surface area contributed by atoms with Crippen LogP contribution in [0.3, 0.4) is 0 Å². The van der Waals surface area contributed by atoms with Gasteiger partial charge in [0, 0.05) is 17.8 Å². The summed E-state index contributed by atoms with van der Waals surface area (Å²) in [4.78, 5) is 18.1. The number of thiocarbonyl (C=S) groups is 1. The molecule has 1 aromatic heterocycles. The van der Waals surface area contributed by atoms with Crippen molar-refractivity contribution in [2.75, 3.05) is 19.2 Å². The number of rotatable bonds is 6. The van der Waals surface area contributed by atoms with E-state index in [0.717, 1.165) is 44.8 Å². The molecule has 0 bridgehead atoms. The molecule has 0 amide bonds. The van der Waals surface area contributed by atoms with Crippen molar-refractivity contribution in [1.82, 2.24) is 9.88 Å². The van der Waals surface area contributed by atoms with Gasteiger partial charge in [-0.2, -0.15) is 0 Å². The predicted octanol–water partition coefficient (Wildman–Crippen LogP) is 5.28. The second-order valence-electron chi connectivity index (χ2n) is 8.80. The first-order chi connectivity index (χ1) is 17.4. The van der Waals surface area contributed by atoms with Crippen LogP contribution in [0.15, 0.2) is 65.5 Å². The number of aromatic nitrogens is 1. The summed E-state index contributed by atoms with van der Waals surface area (Å²) in [5.74, 6) is 2.19. The van der Waals surface area contributed by atoms with Crippen LogP contribution in [0.2, 0.25) is 0 Å². The van der Waals surface area contributed by atoms with Crippen LogP contribution in [-0.2, 0) is 13.1 Å². The second kappa shape index (κ2) is 9.91. The summed E-state index contributed by atoms with van der Waals surface area (Å²) in [6, 6.07) is 19.4. The number of nitrogens with zero attached hydrogens (tertiary/aromatic N) is 1. The van der Waals surface area contributed by atoms with E-state index in [1.165, 1.54) is 0 Å². The Morgan fingerprint density at radius 1 is 1.03 bits per heavy atom. The normalized spacial score (nSPS) is 12.0. The largest absolute Gasteiger partial charge is 0.497 e. The number of methoxy groups -OCH3 is 1. The van der Waals surface area contributed by atoms with Gasteiger partial charge in [-0.05, 0) is 90.6 Å². The van der Waals surface area contributed by atoms with Crippen LogP contribution in [0.4, 0.5) is 5.69 Å². The Bertz CT molecular complexity index is 1500. The molecule has 0 saturated carbocycles. The van der Waals surface area contributed by atoms with E-state index in [0.29, 0.717) is 29.5 Å². The van der Waals surface area contributed by atoms with Gasteiger partial charge in [-0.1, -0.05) is 18.2 Å². The molecule has 0 aliphatic carbocycles. The van der Waals surface area contributed by atoms with E-state index in [-0.39, 0.29) is 12.4 Å². The average molecular weight is 502 g/mol. The van der Waals surface area contributed by atoms with Crippen molar-refractivity contribution < 1.29 is 14.2 Å². The first-order valence-electron chi connectivity index (χ1n) is 11.6. The van der Waals surface area contributed by atoms with E-state index in [2.05, 4.69) is 16.4 Å². The first kappa shape index (κ1) is 23.7. The molecule has 4 aromatic rings. The van der Waals surface area contributed by atoms with E-state index in [4.69, 9.17) is 26.4 Å². The Hall–Kier alpha value is -4.04. The zero-order chi connectivity index (χ0) is 25.2. The zero-order valence-corrected chi connectivity index (χ0v) is 21.2. The smallest absolute Gasteiger partial charge is 0.253 e. The summed E-state index contributed by atoms with van der Waals surface area (Å²) in [7, 11) is 1.63. The maximum Gasteiger partial charge on any atom is 0.253 e. The summed E-state index contributed by atoms with van der Waals surface area (Å²) >= 11 is 5.81. The van der Waals surface area contributed by atoms with Crippen molar-refractivity contribution >= 4 is 33.9 Å². The van der Waals surface area contributed by atoms with Crippen molar-refractivity contribution in [3.63, 3.8) is 0 Å². The summed E-state index contributed by atoms with van der Waals surface area (Å²) in [5.41, 5.74) is 5.40. The maximum atomic E-state index is 13.1. The highest BCUT2D eigenvalue weighted by Crippen LogP contribution is 2.33. The fourth-order valence-corrected chi connectivity index (χ4v) is 4.48. The lowest BCUT2D eigenvalue weighted by Gasteiger charge is -2.26. The third-order valence-corrected chi connectivity index (χ3v) is 6.79. The first-order valence-corrected chi connectivity index (χ1v) is 12.0. The molecule has 0 unspecified atom stereocenters. The van der Waals surface area contributed by atoms with Gasteiger partial charge < -0.3 is 29.4 Å². The quantitative estimate of drug-likeness (QED) is 0.348. The van der Waals surface area contributed by atoms with Gasteiger partial charge in [0.15, 0.2) is 16.6 Å². The number of anilines is 1. The number of benzene rings is 3. The Labute approximate surface area is 214 Å². The van der Waals surface area contributed by atoms with Crippen molar-refractivity contribution in [2.24, 2.45) is 0 Å². The lowest BCUT2D eigenvalue weighted by molar-refractivity contribution is 0.174. The summed E-state index contributed by atoms with van der Waals surface area (Å²) in [5, 5.41) is 4.78. The molecule has 1 aliphatic heterocycles. The highest BCUT2D eigenvalue weighted by molar-refractivity contribution is 7.80. The van der Waals surface area contributed by atoms with E-state index in [9.17, 15) is 4.79 Å². The lowest BCUT2D eigenvalue weighted by Crippen LogP contribution is -2.35. The van der Waals surface area contributed by atoms with Crippen molar-refractivity contribution in [3.05, 3.63) is 93.3 Å². The van der Waals surface area contributed by atoms with Crippen LogP contribution >= 0.6 is 12.2 Å². The molecule has 8 heteroatoms. The number of fused-ring (bicyclic) bond motifs is 2. The summed E-state index contributed by atoms with van der Waals surface area (Å²) < 4.78 is 16.2. The van der Waals surface area contributed by atoms with Crippen LogP contribution in [0.1, 0.15) is 22.3 Å². The summed E-state index contributed by atoms with van der Waals surface area (Å²) in [6.07, 6.45) is 0. The molecule has 0 fully saturated rings. The Morgan fingerprint density at radius 3 is 2.58 bits per heavy atom. The van der Waals surface area contributed by atoms with Crippen molar-refractivity contribution in [3.8, 4) is 17.2 Å². The predicted molar refractivity (Wildman–Crippen MR) is 145 cm³/mol. The van der Waals surface area contributed by atoms with Gasteiger partial charge in [-0.15, -0.1) is 0 Å². The van der Waals surface area contributed by atoms with E-state index >= 15 is 0 Å². The van der Waals surface area contributed by atoms with Gasteiger partial charge in [0.2, 0.25) is 6.79 Å². The molecule has 3 aromatic carbocycles. The van der Waals surface area contributed by atoms with Crippen LogP contribution in [0.25, 0.3) is 10.9 Å². The SMILES string of the molecule is COc1ccc(NC(=S)N(Cc2ccc3c(c2)OCO3)Cc2cc3ccc(C)c(C)c3[nH]c2=O)cc1. The molecule has 0 radical (unpaired) electrons. The number of H-pyrrole nitrogens is 1. The van der Waals surface area contributed by atoms with Gasteiger partial charge in [0.05, 0.1) is 19.2 Å². The van der Waals surface area contributed by atoms with Crippen LogP contribution < -0.4 is 25.1 Å². The topological polar surface area (TPSA) is 75.8 Å². The van der Waals surface area contributed by atoms with Crippen molar-refractivity contribution in [2.45, 2.75) is 26.9 Å². The zero-order valence-electron chi connectivity index (χ0n) is 20.4. The highest BCUT2D eigenvalue weighted by atomic mass is 32.1. The van der Waals surface area contributed by atoms with Crippen molar-refractivity contribution in [1.29, 1.82) is 0 Å². The fourth-order valence-electron chi connectivity index (χ4n) is 4.23. The number of aryl methyl sites for hydroxylation is 2. The fraction of sp³-hybridized carbons (Fsp3) is 0.214. The standard InChI is InChI=1S/C28H27N3O4S/c1-17-4-6-20-13-21(27(32)30-26(20)18(17)2)15-31(14-19-5-11-24-25(12-19)35-16-34-24)28(36)29-22-7-9-23(33-3)10-8-22/h4-13H,14-16H2,1-3H3,(H,29,36)(H,30,32). The number of hydrogen-bond donors (Lipinski definition) is 2. The monoisotopic (exact) mass is 501 g/mol. The number of aromatic amines is 1. The molecule has 2 N–H and O–H groups in total. The van der Waals surface area contributed by atoms with Crippen LogP contribution in [0, 0.1) is 13.8 Å². The average Bonchev–Trinajstić information content (AvgIpc) is 3.35. The molecule has 36 heavy (non-hydrogen) atoms. The molecular formula is C28H27N3O4S. The van der Waals surface area contributed by atoms with E-state index < -0.39 is 0 Å². The Balaban J connectivity index is 1.46. The molecule has 5 rings (SSSR count). The molecule has 1 aliphatic rings. The van der Waals surface area contributed by atoms with Gasteiger partial charge in [-0.25, -0.2) is 0 Å². The number of nitrogens with one attached hydrogen (secondary N) is 2. The van der Waals surface area contributed by atoms with Gasteiger partial charge >= 0.3 is 0 Å². The number of hydrogen-bond acceptors (Lipinski definition) is 5. The number of pyridine rings is 1. The molecule has 0 saturated heterocycles. The van der Waals surface area contributed by atoms with Gasteiger partial charge in [0.1, 0.15) is 5.75 Å². The number of ether oxygens (including phenoxy) is 3. The molecule has 0 spiro atoms. The minimum Gasteiger partial charge on any atom is -0.497 e. The Kier molecular flexibility index (Phi) is 6.52. The van der Waals surface area contributed by atoms with Crippen LogP contribution in [-0.4, -0.2) is 28.9 Å². The maximum absolute atomic E-state index is 13.1. The van der Waals surface area contributed by atoms with Gasteiger partial charge in [-0.3, -0.25) is 4.79 Å². The Morgan fingerprint density at radius 2 is 1.81 bits per heavy atom. The van der Waals surface area contributed by atoms with Crippen LogP contribution in [0.5, 0.6) is 17.2 Å². The minimum atomic E-state index is -0.126. The second-order valence-corrected chi connectivity index (χ2v) is 9.18. The van der Waals surface area contributed by atoms with E-state index in [1.54, 1.807) is 7.11 Å². The third kappa shape index (κ3) is 4.85. The highest BCUT2D eigenvalue weighted by Gasteiger charge is 2.18. The lowest BCUT2D eigenvalue weighted by atomic mass is 10.0. The van der Waals surface area contributed by atoms with Gasteiger partial charge in [0.25, 0.3) is 5.56 Å². The summed E-state index contributed by atoms with van der Waals surface area (Å²) in [6.45, 7) is 5.08. The van der Waals surface area contributed by atoms with E-state index in [1.807, 2.05) is 73.3 Å². The molecule has 0 atom stereocenters. The molecule has 2 heterocycles. The molecule has 7 nitrogen and oxygen atoms in total. The molecule has 184 valence electrons.